The monoisotopic (exact) mass is 403 g/mol. The van der Waals surface area contributed by atoms with Gasteiger partial charge in [0, 0.05) is 24.7 Å². The molecule has 0 spiro atoms. The van der Waals surface area contributed by atoms with E-state index in [2.05, 4.69) is 28.8 Å². The highest BCUT2D eigenvalue weighted by Crippen LogP contribution is 2.31. The Morgan fingerprint density at radius 3 is 2.97 bits per heavy atom. The highest BCUT2D eigenvalue weighted by molar-refractivity contribution is 7.22. The van der Waals surface area contributed by atoms with E-state index in [1.54, 1.807) is 6.07 Å². The van der Waals surface area contributed by atoms with Gasteiger partial charge >= 0.3 is 0 Å². The maximum Gasteiger partial charge on any atom is 0.205 e. The first-order chi connectivity index (χ1) is 14.0. The number of hydrogen-bond acceptors (Lipinski definition) is 6. The number of hydrogen-bond donors (Lipinski definition) is 2. The lowest BCUT2D eigenvalue weighted by molar-refractivity contribution is -0.113. The second-order valence-corrected chi connectivity index (χ2v) is 7.71. The van der Waals surface area contributed by atoms with Crippen LogP contribution >= 0.6 is 11.3 Å². The van der Waals surface area contributed by atoms with Gasteiger partial charge in [0.1, 0.15) is 11.3 Å². The fraction of sp³-hybridized carbons (Fsp3) is 0.217. The van der Waals surface area contributed by atoms with Crippen LogP contribution < -0.4 is 10.6 Å². The minimum atomic E-state index is -0.154. The van der Waals surface area contributed by atoms with E-state index < -0.39 is 0 Å². The van der Waals surface area contributed by atoms with Gasteiger partial charge < -0.3 is 15.7 Å². The molecule has 0 aliphatic rings. The molecular weight excluding hydrogens is 382 g/mol. The summed E-state index contributed by atoms with van der Waals surface area (Å²) in [7, 11) is 1.97. The minimum absolute atomic E-state index is 0.0872. The number of carbonyl (C=O) groups is 1. The Morgan fingerprint density at radius 2 is 2.17 bits per heavy atom. The number of aromatic hydroxyl groups is 1. The third-order valence-corrected chi connectivity index (χ3v) is 5.25. The van der Waals surface area contributed by atoms with Gasteiger partial charge in [0.05, 0.1) is 11.2 Å². The predicted molar refractivity (Wildman–Crippen MR) is 119 cm³/mol. The van der Waals surface area contributed by atoms with Gasteiger partial charge in [0.25, 0.3) is 0 Å². The lowest BCUT2D eigenvalue weighted by Gasteiger charge is -2.17. The van der Waals surface area contributed by atoms with E-state index in [1.807, 2.05) is 36.2 Å². The van der Waals surface area contributed by atoms with Gasteiger partial charge in [0.15, 0.2) is 5.13 Å². The summed E-state index contributed by atoms with van der Waals surface area (Å²) in [6.45, 7) is 0.530. The molecule has 2 aromatic carbocycles. The molecule has 5 nitrogen and oxygen atoms in total. The quantitative estimate of drug-likeness (QED) is 0.486. The Balaban J connectivity index is 1.64. The van der Waals surface area contributed by atoms with E-state index in [-0.39, 0.29) is 11.5 Å². The summed E-state index contributed by atoms with van der Waals surface area (Å²) in [6, 6.07) is 11.6. The van der Waals surface area contributed by atoms with Crippen molar-refractivity contribution in [2.45, 2.75) is 19.3 Å². The zero-order valence-electron chi connectivity index (χ0n) is 16.1. The van der Waals surface area contributed by atoms with Crippen molar-refractivity contribution in [3.8, 4) is 29.9 Å². The molecule has 0 aliphatic heterocycles. The Labute approximate surface area is 174 Å². The van der Waals surface area contributed by atoms with Crippen LogP contribution in [-0.2, 0) is 11.2 Å². The topological polar surface area (TPSA) is 79.5 Å². The van der Waals surface area contributed by atoms with E-state index >= 15 is 0 Å². The van der Waals surface area contributed by atoms with Crippen molar-refractivity contribution in [1.29, 1.82) is 0 Å². The molecule has 0 saturated carbocycles. The number of phenolic OH excluding ortho intramolecular Hbond substituents is 1. The number of benzene rings is 2. The minimum Gasteiger partial charge on any atom is -0.506 e. The Kier molecular flexibility index (Phi) is 6.39. The fourth-order valence-electron chi connectivity index (χ4n) is 2.93. The summed E-state index contributed by atoms with van der Waals surface area (Å²) in [4.78, 5) is 17.4. The summed E-state index contributed by atoms with van der Waals surface area (Å²) < 4.78 is 0.816. The van der Waals surface area contributed by atoms with E-state index in [1.165, 1.54) is 11.3 Å². The van der Waals surface area contributed by atoms with Crippen molar-refractivity contribution in [3.05, 3.63) is 47.5 Å². The van der Waals surface area contributed by atoms with Gasteiger partial charge in [-0.15, -0.1) is 6.42 Å². The number of nitrogen functional groups attached to an aromatic ring is 1. The van der Waals surface area contributed by atoms with Crippen LogP contribution in [-0.4, -0.2) is 29.5 Å². The molecule has 0 saturated heterocycles. The van der Waals surface area contributed by atoms with E-state index in [0.717, 1.165) is 34.4 Å². The number of aryl methyl sites for hydroxylation is 1. The van der Waals surface area contributed by atoms with Gasteiger partial charge in [0.2, 0.25) is 5.78 Å². The van der Waals surface area contributed by atoms with Crippen LogP contribution in [0.3, 0.4) is 0 Å². The Bertz CT molecular complexity index is 1150. The predicted octanol–water partition coefficient (Wildman–Crippen LogP) is 3.60. The normalized spacial score (nSPS) is 10.2. The molecule has 3 aromatic rings. The van der Waals surface area contributed by atoms with Crippen LogP contribution in [0.2, 0.25) is 0 Å². The lowest BCUT2D eigenvalue weighted by atomic mass is 10.1. The molecule has 146 valence electrons. The standard InChI is InChI=1S/C23H21N3O2S/c1-3-19(27)11-5-8-16-7-4-10-18(13-16)26(2)12-6-9-17-14-20(28)22-21(15-17)29-23(24)25-22/h1,4,7,10,13-15,28H,5,8,11-12H2,2H3,(H2,24,25). The number of carbonyl (C=O) groups excluding carboxylic acids is 1. The second-order valence-electron chi connectivity index (χ2n) is 6.64. The largest absolute Gasteiger partial charge is 0.506 e. The number of nitrogens with zero attached hydrogens (tertiary/aromatic N) is 2. The molecule has 1 heterocycles. The van der Waals surface area contributed by atoms with Crippen molar-refractivity contribution in [2.24, 2.45) is 0 Å². The Morgan fingerprint density at radius 1 is 1.34 bits per heavy atom. The van der Waals surface area contributed by atoms with E-state index in [0.29, 0.717) is 23.6 Å². The van der Waals surface area contributed by atoms with Crippen LogP contribution in [0.4, 0.5) is 10.8 Å². The molecule has 0 amide bonds. The first kappa shape index (κ1) is 20.3. The SMILES string of the molecule is C#CC(=O)CCCc1cccc(N(C)CC#Cc2cc(O)c3nc(N)sc3c2)c1. The molecular formula is C23H21N3O2S. The average molecular weight is 404 g/mol. The average Bonchev–Trinajstić information content (AvgIpc) is 3.09. The number of nitrogens with two attached hydrogens (primary N) is 1. The lowest BCUT2D eigenvalue weighted by Crippen LogP contribution is -2.17. The fourth-order valence-corrected chi connectivity index (χ4v) is 3.72. The van der Waals surface area contributed by atoms with Gasteiger partial charge in [-0.2, -0.15) is 0 Å². The maximum atomic E-state index is 11.2. The number of thiazole rings is 1. The molecule has 0 fully saturated rings. The first-order valence-corrected chi connectivity index (χ1v) is 9.95. The molecule has 0 bridgehead atoms. The van der Waals surface area contributed by atoms with Crippen molar-refractivity contribution in [1.82, 2.24) is 4.98 Å². The number of fused-ring (bicyclic) bond motifs is 1. The van der Waals surface area contributed by atoms with Crippen LogP contribution in [0, 0.1) is 24.2 Å². The van der Waals surface area contributed by atoms with E-state index in [4.69, 9.17) is 12.2 Å². The van der Waals surface area contributed by atoms with Gasteiger partial charge in [-0.1, -0.05) is 35.3 Å². The third-order valence-electron chi connectivity index (χ3n) is 4.42. The highest BCUT2D eigenvalue weighted by atomic mass is 32.1. The van der Waals surface area contributed by atoms with Crippen molar-refractivity contribution in [2.75, 3.05) is 24.2 Å². The number of phenols is 1. The summed E-state index contributed by atoms with van der Waals surface area (Å²) in [5.41, 5.74) is 9.15. The molecule has 0 radical (unpaired) electrons. The van der Waals surface area contributed by atoms with Gasteiger partial charge in [-0.3, -0.25) is 4.79 Å². The number of aromatic nitrogens is 1. The summed E-state index contributed by atoms with van der Waals surface area (Å²) in [6.07, 6.45) is 7.05. The molecule has 6 heteroatoms. The Hall–Kier alpha value is -3.48. The maximum absolute atomic E-state index is 11.2. The summed E-state index contributed by atoms with van der Waals surface area (Å²) >= 11 is 1.32. The number of Topliss-reactive ketones (excluding diaryl/α,β-unsaturated/α-hetero) is 1. The zero-order valence-corrected chi connectivity index (χ0v) is 16.9. The molecule has 3 rings (SSSR count). The second kappa shape index (κ2) is 9.14. The molecule has 0 atom stereocenters. The van der Waals surface area contributed by atoms with Crippen LogP contribution in [0.25, 0.3) is 10.2 Å². The van der Waals surface area contributed by atoms with Crippen LogP contribution in [0.15, 0.2) is 36.4 Å². The zero-order chi connectivity index (χ0) is 20.8. The van der Waals surface area contributed by atoms with Crippen LogP contribution in [0.5, 0.6) is 5.75 Å². The van der Waals surface area contributed by atoms with Crippen molar-refractivity contribution < 1.29 is 9.90 Å². The number of rotatable bonds is 6. The summed E-state index contributed by atoms with van der Waals surface area (Å²) in [5.74, 6) is 8.30. The first-order valence-electron chi connectivity index (χ1n) is 9.13. The molecule has 1 aromatic heterocycles. The number of anilines is 2. The van der Waals surface area contributed by atoms with Crippen molar-refractivity contribution >= 4 is 38.2 Å². The molecule has 0 unspecified atom stereocenters. The van der Waals surface area contributed by atoms with E-state index in [9.17, 15) is 9.90 Å². The highest BCUT2D eigenvalue weighted by Gasteiger charge is 2.07. The van der Waals surface area contributed by atoms with Crippen molar-refractivity contribution in [3.63, 3.8) is 0 Å². The molecule has 3 N–H and O–H groups in total. The molecule has 29 heavy (non-hydrogen) atoms. The smallest absolute Gasteiger partial charge is 0.205 e. The van der Waals surface area contributed by atoms with Crippen LogP contribution in [0.1, 0.15) is 24.0 Å². The summed E-state index contributed by atoms with van der Waals surface area (Å²) in [5, 5.41) is 10.5. The van der Waals surface area contributed by atoms with Gasteiger partial charge in [-0.25, -0.2) is 4.98 Å². The van der Waals surface area contributed by atoms with Gasteiger partial charge in [-0.05, 0) is 48.6 Å². The third kappa shape index (κ3) is 5.28. The number of terminal acetylenes is 1. The molecule has 0 aliphatic carbocycles. The number of ketones is 1.